The number of hydrogen-bond acceptors (Lipinski definition) is 2. The van der Waals surface area contributed by atoms with Crippen LogP contribution < -0.4 is 0 Å². The molecule has 1 N–H and O–H groups in total. The Morgan fingerprint density at radius 1 is 1.62 bits per heavy atom. The van der Waals surface area contributed by atoms with Crippen molar-refractivity contribution in [3.05, 3.63) is 20.8 Å². The topological polar surface area (TPSA) is 20.2 Å². The van der Waals surface area contributed by atoms with E-state index in [1.54, 1.807) is 11.3 Å². The molecule has 2 rings (SSSR count). The predicted octanol–water partition coefficient (Wildman–Crippen LogP) is 3.52. The van der Waals surface area contributed by atoms with Crippen molar-refractivity contribution in [2.45, 2.75) is 32.3 Å². The highest BCUT2D eigenvalue weighted by Crippen LogP contribution is 2.59. The molecule has 1 aromatic rings. The molecular weight excluding hydrogens is 248 g/mol. The van der Waals surface area contributed by atoms with Gasteiger partial charge in [0.05, 0.1) is 4.88 Å². The van der Waals surface area contributed by atoms with Crippen LogP contribution in [-0.2, 0) is 5.60 Å². The molecule has 1 saturated carbocycles. The first kappa shape index (κ1) is 9.69. The third-order valence-corrected chi connectivity index (χ3v) is 5.28. The molecule has 0 aromatic carbocycles. The molecule has 1 nitrogen and oxygen atoms in total. The van der Waals surface area contributed by atoms with Gasteiger partial charge in [-0.05, 0) is 47.1 Å². The maximum Gasteiger partial charge on any atom is 0.102 e. The maximum absolute atomic E-state index is 10.4. The molecule has 1 atom stereocenters. The number of hydrogen-bond donors (Lipinski definition) is 1. The number of aliphatic hydroxyl groups is 1. The summed E-state index contributed by atoms with van der Waals surface area (Å²) in [5.74, 6) is 0. The summed E-state index contributed by atoms with van der Waals surface area (Å²) < 4.78 is 1.04. The fourth-order valence-corrected chi connectivity index (χ4v) is 3.56. The van der Waals surface area contributed by atoms with Crippen molar-refractivity contribution in [1.82, 2.24) is 0 Å². The van der Waals surface area contributed by atoms with Crippen molar-refractivity contribution >= 4 is 27.3 Å². The lowest BCUT2D eigenvalue weighted by atomic mass is 9.86. The lowest BCUT2D eigenvalue weighted by Crippen LogP contribution is -2.30. The minimum atomic E-state index is -0.667. The quantitative estimate of drug-likeness (QED) is 0.863. The largest absolute Gasteiger partial charge is 0.384 e. The van der Waals surface area contributed by atoms with Crippen LogP contribution in [0.3, 0.4) is 0 Å². The molecule has 0 saturated heterocycles. The highest BCUT2D eigenvalue weighted by molar-refractivity contribution is 9.10. The van der Waals surface area contributed by atoms with E-state index >= 15 is 0 Å². The summed E-state index contributed by atoms with van der Waals surface area (Å²) in [7, 11) is 0. The van der Waals surface area contributed by atoms with Gasteiger partial charge in [0.1, 0.15) is 5.60 Å². The molecule has 0 spiro atoms. The minimum absolute atomic E-state index is 0.0976. The molecule has 0 bridgehead atoms. The Labute approximate surface area is 90.9 Å². The van der Waals surface area contributed by atoms with Gasteiger partial charge in [0.2, 0.25) is 0 Å². The Hall–Kier alpha value is 0.140. The van der Waals surface area contributed by atoms with E-state index < -0.39 is 5.60 Å². The van der Waals surface area contributed by atoms with Crippen LogP contribution >= 0.6 is 27.3 Å². The Bertz CT molecular complexity index is 325. The smallest absolute Gasteiger partial charge is 0.102 e. The third-order valence-electron chi connectivity index (χ3n) is 3.23. The summed E-state index contributed by atoms with van der Waals surface area (Å²) in [5, 5.41) is 12.4. The van der Waals surface area contributed by atoms with Gasteiger partial charge in [-0.15, -0.1) is 11.3 Å². The molecule has 1 unspecified atom stereocenters. The summed E-state index contributed by atoms with van der Waals surface area (Å²) >= 11 is 5.10. The zero-order valence-electron chi connectivity index (χ0n) is 7.80. The van der Waals surface area contributed by atoms with Gasteiger partial charge in [0.25, 0.3) is 0 Å². The van der Waals surface area contributed by atoms with Crippen LogP contribution in [0.2, 0.25) is 0 Å². The lowest BCUT2D eigenvalue weighted by Gasteiger charge is -2.29. The third kappa shape index (κ3) is 1.37. The second kappa shape index (κ2) is 2.81. The molecule has 0 radical (unpaired) electrons. The molecule has 1 fully saturated rings. The molecular formula is C10H13BrOS. The minimum Gasteiger partial charge on any atom is -0.384 e. The molecule has 0 amide bonds. The van der Waals surface area contributed by atoms with Crippen molar-refractivity contribution in [2.75, 3.05) is 0 Å². The van der Waals surface area contributed by atoms with E-state index in [0.717, 1.165) is 22.2 Å². The van der Waals surface area contributed by atoms with Crippen LogP contribution in [0, 0.1) is 5.41 Å². The SMILES string of the molecule is CC1(C(C)(O)c2sccc2Br)CC1. The van der Waals surface area contributed by atoms with Gasteiger partial charge in [-0.3, -0.25) is 0 Å². The molecule has 1 aliphatic rings. The van der Waals surface area contributed by atoms with E-state index in [4.69, 9.17) is 0 Å². The molecule has 1 aliphatic carbocycles. The van der Waals surface area contributed by atoms with E-state index in [-0.39, 0.29) is 5.41 Å². The first-order chi connectivity index (χ1) is 5.97. The van der Waals surface area contributed by atoms with Gasteiger partial charge in [0, 0.05) is 9.89 Å². The predicted molar refractivity (Wildman–Crippen MR) is 58.9 cm³/mol. The maximum atomic E-state index is 10.4. The second-order valence-electron chi connectivity index (χ2n) is 4.23. The van der Waals surface area contributed by atoms with Crippen molar-refractivity contribution in [2.24, 2.45) is 5.41 Å². The van der Waals surface area contributed by atoms with Crippen LogP contribution in [0.5, 0.6) is 0 Å². The van der Waals surface area contributed by atoms with Crippen LogP contribution in [0.1, 0.15) is 31.6 Å². The highest BCUT2D eigenvalue weighted by Gasteiger charge is 2.54. The van der Waals surface area contributed by atoms with Crippen LogP contribution in [0.15, 0.2) is 15.9 Å². The molecule has 1 aromatic heterocycles. The molecule has 72 valence electrons. The van der Waals surface area contributed by atoms with E-state index in [1.807, 2.05) is 18.4 Å². The summed E-state index contributed by atoms with van der Waals surface area (Å²) in [6.07, 6.45) is 2.26. The molecule has 13 heavy (non-hydrogen) atoms. The van der Waals surface area contributed by atoms with Gasteiger partial charge in [-0.2, -0.15) is 0 Å². The number of halogens is 1. The summed E-state index contributed by atoms with van der Waals surface area (Å²) in [6.45, 7) is 4.08. The van der Waals surface area contributed by atoms with Crippen molar-refractivity contribution in [3.63, 3.8) is 0 Å². The van der Waals surface area contributed by atoms with Crippen LogP contribution in [-0.4, -0.2) is 5.11 Å². The monoisotopic (exact) mass is 260 g/mol. The van der Waals surface area contributed by atoms with Crippen molar-refractivity contribution in [1.29, 1.82) is 0 Å². The summed E-state index contributed by atoms with van der Waals surface area (Å²) in [4.78, 5) is 1.06. The van der Waals surface area contributed by atoms with Gasteiger partial charge >= 0.3 is 0 Å². The summed E-state index contributed by atoms with van der Waals surface area (Å²) in [6, 6.07) is 2.00. The number of thiophene rings is 1. The second-order valence-corrected chi connectivity index (χ2v) is 6.00. The lowest BCUT2D eigenvalue weighted by molar-refractivity contribution is -0.00974. The Balaban J connectivity index is 2.40. The fraction of sp³-hybridized carbons (Fsp3) is 0.600. The average molecular weight is 261 g/mol. The van der Waals surface area contributed by atoms with E-state index in [0.29, 0.717) is 0 Å². The van der Waals surface area contributed by atoms with Crippen LogP contribution in [0.25, 0.3) is 0 Å². The van der Waals surface area contributed by atoms with Gasteiger partial charge < -0.3 is 5.11 Å². The zero-order chi connectivity index (χ0) is 9.69. The Morgan fingerprint density at radius 2 is 2.23 bits per heavy atom. The van der Waals surface area contributed by atoms with Crippen molar-refractivity contribution in [3.8, 4) is 0 Å². The first-order valence-electron chi connectivity index (χ1n) is 4.43. The van der Waals surface area contributed by atoms with Crippen molar-refractivity contribution < 1.29 is 5.11 Å². The van der Waals surface area contributed by atoms with E-state index in [1.165, 1.54) is 0 Å². The highest BCUT2D eigenvalue weighted by atomic mass is 79.9. The molecule has 3 heteroatoms. The Kier molecular flexibility index (Phi) is 2.10. The normalized spacial score (nSPS) is 24.0. The first-order valence-corrected chi connectivity index (χ1v) is 6.10. The molecule has 1 heterocycles. The standard InChI is InChI=1S/C10H13BrOS/c1-9(4-5-9)10(2,12)8-7(11)3-6-13-8/h3,6,12H,4-5H2,1-2H3. The summed E-state index contributed by atoms with van der Waals surface area (Å²) in [5.41, 5.74) is -0.569. The Morgan fingerprint density at radius 3 is 2.62 bits per heavy atom. The van der Waals surface area contributed by atoms with Crippen LogP contribution in [0.4, 0.5) is 0 Å². The number of rotatable bonds is 2. The van der Waals surface area contributed by atoms with Gasteiger partial charge in [0.15, 0.2) is 0 Å². The van der Waals surface area contributed by atoms with E-state index in [2.05, 4.69) is 22.9 Å². The molecule has 0 aliphatic heterocycles. The van der Waals surface area contributed by atoms with Gasteiger partial charge in [-0.25, -0.2) is 0 Å². The average Bonchev–Trinajstić information content (AvgIpc) is 2.63. The fourth-order valence-electron chi connectivity index (χ4n) is 1.59. The van der Waals surface area contributed by atoms with Gasteiger partial charge in [-0.1, -0.05) is 6.92 Å². The van der Waals surface area contributed by atoms with E-state index in [9.17, 15) is 5.11 Å². The zero-order valence-corrected chi connectivity index (χ0v) is 10.2.